The summed E-state index contributed by atoms with van der Waals surface area (Å²) in [6.45, 7) is 0. The van der Waals surface area contributed by atoms with Crippen LogP contribution in [0.1, 0.15) is 17.0 Å². The van der Waals surface area contributed by atoms with Gasteiger partial charge >= 0.3 is 5.91 Å². The van der Waals surface area contributed by atoms with Crippen molar-refractivity contribution in [1.82, 2.24) is 10.9 Å². The fourth-order valence-electron chi connectivity index (χ4n) is 2.55. The number of nitrogens with one attached hydrogen (secondary N) is 2. The van der Waals surface area contributed by atoms with Gasteiger partial charge in [-0.3, -0.25) is 20.4 Å². The second-order valence-electron chi connectivity index (χ2n) is 5.69. The summed E-state index contributed by atoms with van der Waals surface area (Å²) in [4.78, 5) is 23.9. The number of rotatable bonds is 3. The Morgan fingerprint density at radius 3 is 2.56 bits per heavy atom. The quantitative estimate of drug-likeness (QED) is 0.796. The van der Waals surface area contributed by atoms with E-state index in [9.17, 15) is 22.4 Å². The van der Waals surface area contributed by atoms with Crippen molar-refractivity contribution in [2.75, 3.05) is 11.5 Å². The third-order valence-electron chi connectivity index (χ3n) is 3.87. The van der Waals surface area contributed by atoms with E-state index in [1.807, 2.05) is 0 Å². The molecule has 25 heavy (non-hydrogen) atoms. The minimum absolute atomic E-state index is 0.0385. The zero-order chi connectivity index (χ0) is 18.0. The smallest absolute Gasteiger partial charge is 0.305 e. The third kappa shape index (κ3) is 3.87. The van der Waals surface area contributed by atoms with Crippen LogP contribution in [0.4, 0.5) is 4.39 Å². The number of halogens is 1. The first kappa shape index (κ1) is 17.2. The summed E-state index contributed by atoms with van der Waals surface area (Å²) in [5.74, 6) is -2.67. The lowest BCUT2D eigenvalue weighted by Crippen LogP contribution is -2.44. The number of carbonyl (C=O) groups excluding carboxylic acids is 2. The highest BCUT2D eigenvalue weighted by molar-refractivity contribution is 7.91. The van der Waals surface area contributed by atoms with Crippen molar-refractivity contribution in [2.45, 2.75) is 6.42 Å². The largest absolute Gasteiger partial charge is 0.451 e. The molecule has 0 unspecified atom stereocenters. The minimum Gasteiger partial charge on any atom is -0.451 e. The Bertz CT molecular complexity index is 922. The van der Waals surface area contributed by atoms with Crippen LogP contribution in [-0.4, -0.2) is 31.7 Å². The molecular formula is C16H15FN2O5S. The maximum Gasteiger partial charge on any atom is 0.305 e. The standard InChI is InChI=1S/C16H15FN2O5S/c17-12-4-2-1-3-11(12)13-5-6-14(24-13)16(21)19-18-15(20)10-7-8-25(22,23)9-10/h1-6,10H,7-9H2,(H,18,20)(H,19,21)/t10-/m1/s1. The number of hydrazine groups is 1. The Morgan fingerprint density at radius 1 is 1.12 bits per heavy atom. The normalized spacial score (nSPS) is 18.7. The summed E-state index contributed by atoms with van der Waals surface area (Å²) >= 11 is 0. The molecule has 1 aliphatic rings. The first-order valence-corrected chi connectivity index (χ1v) is 9.33. The van der Waals surface area contributed by atoms with Crippen LogP contribution in [0.5, 0.6) is 0 Å². The molecule has 3 rings (SSSR count). The number of amides is 2. The first-order valence-electron chi connectivity index (χ1n) is 7.51. The number of carbonyl (C=O) groups is 2. The molecule has 0 aliphatic carbocycles. The van der Waals surface area contributed by atoms with Gasteiger partial charge in [0.2, 0.25) is 5.91 Å². The molecule has 0 saturated carbocycles. The average molecular weight is 366 g/mol. The van der Waals surface area contributed by atoms with E-state index >= 15 is 0 Å². The van der Waals surface area contributed by atoms with E-state index in [1.165, 1.54) is 30.3 Å². The van der Waals surface area contributed by atoms with Crippen molar-refractivity contribution in [1.29, 1.82) is 0 Å². The van der Waals surface area contributed by atoms with E-state index < -0.39 is 33.4 Å². The summed E-state index contributed by atoms with van der Waals surface area (Å²) in [7, 11) is -3.19. The Hall–Kier alpha value is -2.68. The van der Waals surface area contributed by atoms with E-state index in [1.54, 1.807) is 6.07 Å². The number of sulfone groups is 1. The molecule has 2 heterocycles. The van der Waals surface area contributed by atoms with Gasteiger partial charge in [0.1, 0.15) is 11.6 Å². The van der Waals surface area contributed by atoms with Crippen molar-refractivity contribution < 1.29 is 26.8 Å². The van der Waals surface area contributed by atoms with Crippen LogP contribution < -0.4 is 10.9 Å². The summed E-state index contributed by atoms with van der Waals surface area (Å²) in [5, 5.41) is 0. The topological polar surface area (TPSA) is 105 Å². The van der Waals surface area contributed by atoms with Crippen molar-refractivity contribution in [2.24, 2.45) is 5.92 Å². The highest BCUT2D eigenvalue weighted by Gasteiger charge is 2.33. The maximum absolute atomic E-state index is 13.7. The lowest BCUT2D eigenvalue weighted by Gasteiger charge is -2.09. The molecule has 132 valence electrons. The molecule has 1 aromatic heterocycles. The number of hydrogen-bond acceptors (Lipinski definition) is 5. The fraction of sp³-hybridized carbons (Fsp3) is 0.250. The molecular weight excluding hydrogens is 351 g/mol. The Labute approximate surface area is 143 Å². The molecule has 1 saturated heterocycles. The van der Waals surface area contributed by atoms with Gasteiger partial charge in [-0.15, -0.1) is 0 Å². The Balaban J connectivity index is 1.61. The minimum atomic E-state index is -3.19. The van der Waals surface area contributed by atoms with Gasteiger partial charge in [-0.05, 0) is 30.7 Å². The summed E-state index contributed by atoms with van der Waals surface area (Å²) < 4.78 is 41.7. The molecule has 0 radical (unpaired) electrons. The van der Waals surface area contributed by atoms with Crippen LogP contribution in [0.2, 0.25) is 0 Å². The number of benzene rings is 1. The third-order valence-corrected chi connectivity index (χ3v) is 5.64. The van der Waals surface area contributed by atoms with Crippen LogP contribution in [-0.2, 0) is 14.6 Å². The van der Waals surface area contributed by atoms with Gasteiger partial charge in [-0.2, -0.15) is 0 Å². The first-order chi connectivity index (χ1) is 11.9. The summed E-state index contributed by atoms with van der Waals surface area (Å²) in [5.41, 5.74) is 4.56. The van der Waals surface area contributed by atoms with Gasteiger partial charge in [0.05, 0.1) is 23.0 Å². The zero-order valence-corrected chi connectivity index (χ0v) is 13.8. The van der Waals surface area contributed by atoms with Crippen LogP contribution >= 0.6 is 0 Å². The van der Waals surface area contributed by atoms with E-state index in [-0.39, 0.29) is 35.0 Å². The van der Waals surface area contributed by atoms with Crippen molar-refractivity contribution in [3.8, 4) is 11.3 Å². The van der Waals surface area contributed by atoms with Gasteiger partial charge in [-0.1, -0.05) is 12.1 Å². The second-order valence-corrected chi connectivity index (χ2v) is 7.92. The molecule has 7 nitrogen and oxygen atoms in total. The second kappa shape index (κ2) is 6.67. The lowest BCUT2D eigenvalue weighted by molar-refractivity contribution is -0.125. The van der Waals surface area contributed by atoms with Crippen molar-refractivity contribution >= 4 is 21.7 Å². The molecule has 2 aromatic rings. The number of furan rings is 1. The molecule has 1 atom stereocenters. The van der Waals surface area contributed by atoms with Crippen LogP contribution in [0, 0.1) is 11.7 Å². The van der Waals surface area contributed by atoms with Gasteiger partial charge in [0.15, 0.2) is 15.6 Å². The van der Waals surface area contributed by atoms with E-state index in [0.717, 1.165) is 0 Å². The number of hydrogen-bond donors (Lipinski definition) is 2. The molecule has 2 N–H and O–H groups in total. The Kier molecular flexibility index (Phi) is 4.58. The highest BCUT2D eigenvalue weighted by atomic mass is 32.2. The van der Waals surface area contributed by atoms with Gasteiger partial charge < -0.3 is 4.42 Å². The predicted molar refractivity (Wildman–Crippen MR) is 86.5 cm³/mol. The average Bonchev–Trinajstić information content (AvgIpc) is 3.19. The van der Waals surface area contributed by atoms with E-state index in [0.29, 0.717) is 0 Å². The molecule has 0 bridgehead atoms. The van der Waals surface area contributed by atoms with Crippen LogP contribution in [0.3, 0.4) is 0 Å². The maximum atomic E-state index is 13.7. The van der Waals surface area contributed by atoms with Crippen molar-refractivity contribution in [3.63, 3.8) is 0 Å². The lowest BCUT2D eigenvalue weighted by atomic mass is 10.1. The van der Waals surface area contributed by atoms with Gasteiger partial charge in [-0.25, -0.2) is 12.8 Å². The monoisotopic (exact) mass is 366 g/mol. The summed E-state index contributed by atoms with van der Waals surface area (Å²) in [6.07, 6.45) is 0.224. The highest BCUT2D eigenvalue weighted by Crippen LogP contribution is 2.24. The molecule has 1 fully saturated rings. The fourth-order valence-corrected chi connectivity index (χ4v) is 4.29. The van der Waals surface area contributed by atoms with Gasteiger partial charge in [0.25, 0.3) is 0 Å². The molecule has 2 amide bonds. The van der Waals surface area contributed by atoms with Crippen molar-refractivity contribution in [3.05, 3.63) is 48.0 Å². The van der Waals surface area contributed by atoms with Crippen LogP contribution in [0.15, 0.2) is 40.8 Å². The molecule has 9 heteroatoms. The van der Waals surface area contributed by atoms with E-state index in [2.05, 4.69) is 10.9 Å². The molecule has 1 aliphatic heterocycles. The predicted octanol–water partition coefficient (Wildman–Crippen LogP) is 1.28. The zero-order valence-electron chi connectivity index (χ0n) is 13.0. The van der Waals surface area contributed by atoms with E-state index in [4.69, 9.17) is 4.42 Å². The Morgan fingerprint density at radius 2 is 1.88 bits per heavy atom. The van der Waals surface area contributed by atoms with Crippen LogP contribution in [0.25, 0.3) is 11.3 Å². The molecule has 0 spiro atoms. The summed E-state index contributed by atoms with van der Waals surface area (Å²) in [6, 6.07) is 8.75. The SMILES string of the molecule is O=C(NNC(=O)[C@@H]1CCS(=O)(=O)C1)c1ccc(-c2ccccc2F)o1. The molecule has 1 aromatic carbocycles. The van der Waals surface area contributed by atoms with Gasteiger partial charge in [0, 0.05) is 0 Å².